The molecule has 0 aliphatic carbocycles. The van der Waals surface area contributed by atoms with E-state index >= 15 is 0 Å². The van der Waals surface area contributed by atoms with Gasteiger partial charge in [-0.25, -0.2) is 0 Å². The van der Waals surface area contributed by atoms with E-state index in [1.807, 2.05) is 6.07 Å². The van der Waals surface area contributed by atoms with Gasteiger partial charge in [0.15, 0.2) is 0 Å². The zero-order valence-electron chi connectivity index (χ0n) is 15.6. The highest BCUT2D eigenvalue weighted by atomic mass is 35.5. The lowest BCUT2D eigenvalue weighted by atomic mass is 9.99. The van der Waals surface area contributed by atoms with E-state index < -0.39 is 0 Å². The summed E-state index contributed by atoms with van der Waals surface area (Å²) in [7, 11) is 0. The molecule has 1 aliphatic heterocycles. The van der Waals surface area contributed by atoms with Gasteiger partial charge < -0.3 is 15.2 Å². The van der Waals surface area contributed by atoms with Crippen LogP contribution in [0, 0.1) is 12.8 Å². The predicted molar refractivity (Wildman–Crippen MR) is 105 cm³/mol. The number of carbonyl (C=O) groups is 1. The summed E-state index contributed by atoms with van der Waals surface area (Å²) in [5.74, 6) is 0.114. The molecule has 1 aliphatic rings. The fraction of sp³-hybridized carbons (Fsp3) is 0.526. The van der Waals surface area contributed by atoms with Gasteiger partial charge in [0.25, 0.3) is 11.5 Å². The molecule has 1 amide bonds. The number of rotatable bonds is 7. The van der Waals surface area contributed by atoms with Gasteiger partial charge in [-0.05, 0) is 56.8 Å². The summed E-state index contributed by atoms with van der Waals surface area (Å²) < 4.78 is 3.40. The molecule has 2 N–H and O–H groups in total. The van der Waals surface area contributed by atoms with Crippen molar-refractivity contribution in [2.45, 2.75) is 39.3 Å². The van der Waals surface area contributed by atoms with Crippen LogP contribution in [-0.4, -0.2) is 39.9 Å². The van der Waals surface area contributed by atoms with Crippen molar-refractivity contribution in [2.24, 2.45) is 5.92 Å². The molecule has 1 fully saturated rings. The van der Waals surface area contributed by atoms with Gasteiger partial charge in [0, 0.05) is 32.0 Å². The quantitative estimate of drug-likeness (QED) is 0.705. The van der Waals surface area contributed by atoms with Crippen molar-refractivity contribution in [3.05, 3.63) is 51.2 Å². The summed E-state index contributed by atoms with van der Waals surface area (Å²) >= 11 is 5.83. The average molecular weight is 392 g/mol. The molecule has 0 aromatic carbocycles. The van der Waals surface area contributed by atoms with Crippen molar-refractivity contribution in [1.82, 2.24) is 25.0 Å². The number of piperidine rings is 1. The van der Waals surface area contributed by atoms with Crippen molar-refractivity contribution >= 4 is 17.5 Å². The molecule has 0 spiro atoms. The van der Waals surface area contributed by atoms with E-state index in [1.165, 1.54) is 0 Å². The molecule has 1 unspecified atom stereocenters. The van der Waals surface area contributed by atoms with E-state index in [0.29, 0.717) is 42.6 Å². The minimum absolute atomic E-state index is 0.211. The van der Waals surface area contributed by atoms with Crippen LogP contribution in [-0.2, 0) is 13.1 Å². The SMILES string of the molecule is Cc1ccn(CC2CCCNC2)c(=O)c1C(=O)NCCCn1cc(Cl)cn1. The molecule has 0 bridgehead atoms. The first kappa shape index (κ1) is 19.6. The lowest BCUT2D eigenvalue weighted by molar-refractivity contribution is 0.0949. The number of halogens is 1. The molecule has 1 atom stereocenters. The van der Waals surface area contributed by atoms with Gasteiger partial charge in [0.2, 0.25) is 0 Å². The number of pyridine rings is 1. The van der Waals surface area contributed by atoms with Gasteiger partial charge in [0.05, 0.1) is 11.2 Å². The highest BCUT2D eigenvalue weighted by Gasteiger charge is 2.18. The summed E-state index contributed by atoms with van der Waals surface area (Å²) in [6.45, 7) is 5.52. The summed E-state index contributed by atoms with van der Waals surface area (Å²) in [6, 6.07) is 1.85. The van der Waals surface area contributed by atoms with Crippen LogP contribution in [0.5, 0.6) is 0 Å². The lowest BCUT2D eigenvalue weighted by Gasteiger charge is -2.23. The predicted octanol–water partition coefficient (Wildman–Crippen LogP) is 1.83. The van der Waals surface area contributed by atoms with Gasteiger partial charge >= 0.3 is 0 Å². The van der Waals surface area contributed by atoms with Crippen molar-refractivity contribution in [2.75, 3.05) is 19.6 Å². The van der Waals surface area contributed by atoms with E-state index in [-0.39, 0.29) is 17.0 Å². The maximum atomic E-state index is 12.8. The first-order valence-corrected chi connectivity index (χ1v) is 9.79. The second-order valence-corrected chi connectivity index (χ2v) is 7.51. The highest BCUT2D eigenvalue weighted by molar-refractivity contribution is 6.30. The Morgan fingerprint density at radius 1 is 1.48 bits per heavy atom. The van der Waals surface area contributed by atoms with Crippen LogP contribution in [0.1, 0.15) is 35.2 Å². The number of amides is 1. The zero-order valence-corrected chi connectivity index (χ0v) is 16.3. The van der Waals surface area contributed by atoms with Crippen LogP contribution in [0.4, 0.5) is 0 Å². The number of hydrogen-bond donors (Lipinski definition) is 2. The third-order valence-corrected chi connectivity index (χ3v) is 5.10. The Hall–Kier alpha value is -2.12. The largest absolute Gasteiger partial charge is 0.352 e. The van der Waals surface area contributed by atoms with Crippen LogP contribution in [0.15, 0.2) is 29.5 Å². The Balaban J connectivity index is 1.59. The van der Waals surface area contributed by atoms with E-state index in [9.17, 15) is 9.59 Å². The van der Waals surface area contributed by atoms with Crippen molar-refractivity contribution < 1.29 is 4.79 Å². The maximum Gasteiger partial charge on any atom is 0.263 e. The van der Waals surface area contributed by atoms with Gasteiger partial charge in [-0.3, -0.25) is 14.3 Å². The highest BCUT2D eigenvalue weighted by Crippen LogP contribution is 2.12. The summed E-state index contributed by atoms with van der Waals surface area (Å²) in [6.07, 6.45) is 8.05. The fourth-order valence-corrected chi connectivity index (χ4v) is 3.59. The monoisotopic (exact) mass is 391 g/mol. The molecule has 7 nitrogen and oxygen atoms in total. The lowest BCUT2D eigenvalue weighted by Crippen LogP contribution is -2.38. The third-order valence-electron chi connectivity index (χ3n) is 4.91. The standard InChI is InChI=1S/C19H26ClN5O2/c1-14-5-9-24(12-15-4-2-6-21-10-15)19(27)17(14)18(26)22-7-3-8-25-13-16(20)11-23-25/h5,9,11,13,15,21H,2-4,6-8,10,12H2,1H3,(H,22,26). The van der Waals surface area contributed by atoms with Gasteiger partial charge in [-0.15, -0.1) is 0 Å². The second kappa shape index (κ2) is 9.19. The minimum atomic E-state index is -0.313. The van der Waals surface area contributed by atoms with Crippen molar-refractivity contribution in [1.29, 1.82) is 0 Å². The maximum absolute atomic E-state index is 12.8. The van der Waals surface area contributed by atoms with Gasteiger partial charge in [-0.2, -0.15) is 5.10 Å². The van der Waals surface area contributed by atoms with Crippen LogP contribution in [0.25, 0.3) is 0 Å². The van der Waals surface area contributed by atoms with Gasteiger partial charge in [-0.1, -0.05) is 11.6 Å². The van der Waals surface area contributed by atoms with Gasteiger partial charge in [0.1, 0.15) is 5.56 Å². The topological polar surface area (TPSA) is 81.0 Å². The summed E-state index contributed by atoms with van der Waals surface area (Å²) in [5.41, 5.74) is 0.731. The minimum Gasteiger partial charge on any atom is -0.352 e. The smallest absolute Gasteiger partial charge is 0.263 e. The Morgan fingerprint density at radius 3 is 3.04 bits per heavy atom. The van der Waals surface area contributed by atoms with Crippen molar-refractivity contribution in [3.63, 3.8) is 0 Å². The molecule has 8 heteroatoms. The fourth-order valence-electron chi connectivity index (χ4n) is 3.44. The Morgan fingerprint density at radius 2 is 2.33 bits per heavy atom. The van der Waals surface area contributed by atoms with Crippen LogP contribution < -0.4 is 16.2 Å². The molecule has 146 valence electrons. The first-order chi connectivity index (χ1) is 13.0. The summed E-state index contributed by atoms with van der Waals surface area (Å²) in [4.78, 5) is 25.4. The van der Waals surface area contributed by atoms with E-state index in [1.54, 1.807) is 34.8 Å². The molecular formula is C19H26ClN5O2. The molecule has 0 saturated carbocycles. The molecule has 3 rings (SSSR count). The average Bonchev–Trinajstić information content (AvgIpc) is 3.07. The number of nitrogens with zero attached hydrogens (tertiary/aromatic N) is 3. The number of aromatic nitrogens is 3. The molecule has 2 aromatic heterocycles. The molecule has 27 heavy (non-hydrogen) atoms. The van der Waals surface area contributed by atoms with Crippen LogP contribution in [0.3, 0.4) is 0 Å². The number of aryl methyl sites for hydroxylation is 2. The third kappa shape index (κ3) is 5.20. The molecular weight excluding hydrogens is 366 g/mol. The molecule has 0 radical (unpaired) electrons. The number of nitrogens with one attached hydrogen (secondary N) is 2. The Kier molecular flexibility index (Phi) is 6.68. The number of hydrogen-bond acceptors (Lipinski definition) is 4. The Bertz CT molecular complexity index is 839. The Labute approximate surface area is 163 Å². The van der Waals surface area contributed by atoms with E-state index in [0.717, 1.165) is 25.9 Å². The molecule has 1 saturated heterocycles. The molecule has 2 aromatic rings. The molecule has 3 heterocycles. The second-order valence-electron chi connectivity index (χ2n) is 7.07. The zero-order chi connectivity index (χ0) is 19.2. The number of carbonyl (C=O) groups excluding carboxylic acids is 1. The normalized spacial score (nSPS) is 17.0. The van der Waals surface area contributed by atoms with E-state index in [2.05, 4.69) is 15.7 Å². The first-order valence-electron chi connectivity index (χ1n) is 9.41. The van der Waals surface area contributed by atoms with Crippen LogP contribution >= 0.6 is 11.6 Å². The van der Waals surface area contributed by atoms with Crippen molar-refractivity contribution in [3.8, 4) is 0 Å². The van der Waals surface area contributed by atoms with Crippen LogP contribution in [0.2, 0.25) is 5.02 Å². The summed E-state index contributed by atoms with van der Waals surface area (Å²) in [5, 5.41) is 10.9. The van der Waals surface area contributed by atoms with E-state index in [4.69, 9.17) is 11.6 Å².